The third kappa shape index (κ3) is 4.01. The fourth-order valence-electron chi connectivity index (χ4n) is 3.82. The minimum atomic E-state index is -0.412. The Labute approximate surface area is 202 Å². The van der Waals surface area contributed by atoms with Gasteiger partial charge in [-0.25, -0.2) is 4.98 Å². The number of benzene rings is 1. The van der Waals surface area contributed by atoms with Crippen LogP contribution in [-0.4, -0.2) is 37.1 Å². The molecule has 0 aliphatic carbocycles. The molecule has 34 heavy (non-hydrogen) atoms. The molecule has 0 unspecified atom stereocenters. The minimum absolute atomic E-state index is 0.0718. The summed E-state index contributed by atoms with van der Waals surface area (Å²) in [6.45, 7) is 7.92. The number of nitrogens with zero attached hydrogens (tertiary/aromatic N) is 4. The lowest BCUT2D eigenvalue weighted by molar-refractivity contribution is 0.0821. The predicted octanol–water partition coefficient (Wildman–Crippen LogP) is 4.08. The van der Waals surface area contributed by atoms with E-state index in [-0.39, 0.29) is 11.3 Å². The molecule has 3 aromatic heterocycles. The van der Waals surface area contributed by atoms with Crippen molar-refractivity contribution >= 4 is 39.1 Å². The zero-order valence-electron chi connectivity index (χ0n) is 18.5. The number of ether oxygens (including phenoxy) is 2. The van der Waals surface area contributed by atoms with Crippen molar-refractivity contribution in [3.8, 4) is 11.5 Å². The number of H-pyrrole nitrogens is 1. The molecular formula is C23H21N5O4S2. The van der Waals surface area contributed by atoms with E-state index >= 15 is 0 Å². The van der Waals surface area contributed by atoms with Gasteiger partial charge in [0.15, 0.2) is 34.4 Å². The molecule has 1 aliphatic heterocycles. The van der Waals surface area contributed by atoms with Gasteiger partial charge in [-0.2, -0.15) is 0 Å². The second kappa shape index (κ2) is 9.07. The van der Waals surface area contributed by atoms with Gasteiger partial charge in [0, 0.05) is 6.54 Å². The average molecular weight is 496 g/mol. The summed E-state index contributed by atoms with van der Waals surface area (Å²) in [7, 11) is 0. The lowest BCUT2D eigenvalue weighted by atomic mass is 10.2. The molecule has 1 atom stereocenters. The summed E-state index contributed by atoms with van der Waals surface area (Å²) in [6.07, 6.45) is 1.35. The lowest BCUT2D eigenvalue weighted by Crippen LogP contribution is -2.25. The fraction of sp³-hybridized carbons (Fsp3) is 0.261. The maximum atomic E-state index is 12.7. The Hall–Kier alpha value is -3.44. The van der Waals surface area contributed by atoms with Gasteiger partial charge in [0.25, 0.3) is 5.56 Å². The molecule has 0 amide bonds. The number of carbonyl (C=O) groups excluding carboxylic acids is 1. The molecule has 0 radical (unpaired) electrons. The molecular weight excluding hydrogens is 474 g/mol. The van der Waals surface area contributed by atoms with E-state index in [0.29, 0.717) is 67.9 Å². The summed E-state index contributed by atoms with van der Waals surface area (Å²) in [5, 5.41) is 9.81. The molecule has 4 heterocycles. The van der Waals surface area contributed by atoms with E-state index in [2.05, 4.69) is 26.7 Å². The molecule has 1 aromatic carbocycles. The molecule has 0 saturated heterocycles. The topological polar surface area (TPSA) is 112 Å². The number of aromatic nitrogens is 5. The summed E-state index contributed by atoms with van der Waals surface area (Å²) in [5.41, 5.74) is 0.425. The fourth-order valence-corrected chi connectivity index (χ4v) is 5.74. The smallest absolute Gasteiger partial charge is 0.259 e. The molecule has 0 bridgehead atoms. The van der Waals surface area contributed by atoms with Crippen molar-refractivity contribution in [2.45, 2.75) is 37.4 Å². The number of aryl methyl sites for hydroxylation is 1. The van der Waals surface area contributed by atoms with Gasteiger partial charge in [0.05, 0.1) is 16.0 Å². The number of carbonyl (C=O) groups is 1. The zero-order chi connectivity index (χ0) is 23.8. The van der Waals surface area contributed by atoms with Crippen LogP contribution in [0.2, 0.25) is 0 Å². The normalized spacial score (nSPS) is 14.9. The number of para-hydroxylation sites is 2. The SMILES string of the molecule is C=CCn1c(SCc2nc3sc(C(C)=O)c(C)c3c(=O)[nH]2)nnc1[C@H]1COc2ccccc2O1. The molecule has 5 rings (SSSR count). The average Bonchev–Trinajstić information content (AvgIpc) is 3.38. The quantitative estimate of drug-likeness (QED) is 0.232. The molecule has 1 N–H and O–H groups in total. The lowest BCUT2D eigenvalue weighted by Gasteiger charge is -2.26. The number of rotatable bonds is 7. The first-order chi connectivity index (χ1) is 16.5. The number of allylic oxidation sites excluding steroid dienone is 1. The molecule has 0 saturated carbocycles. The van der Waals surface area contributed by atoms with E-state index in [9.17, 15) is 9.59 Å². The molecule has 1 aliphatic rings. The van der Waals surface area contributed by atoms with Gasteiger partial charge in [-0.3, -0.25) is 14.2 Å². The maximum absolute atomic E-state index is 12.7. The first-order valence-corrected chi connectivity index (χ1v) is 12.3. The maximum Gasteiger partial charge on any atom is 0.259 e. The highest BCUT2D eigenvalue weighted by Crippen LogP contribution is 2.36. The van der Waals surface area contributed by atoms with Crippen LogP contribution in [0, 0.1) is 6.92 Å². The van der Waals surface area contributed by atoms with Crippen LogP contribution in [0.5, 0.6) is 11.5 Å². The van der Waals surface area contributed by atoms with Gasteiger partial charge in [-0.05, 0) is 31.5 Å². The minimum Gasteiger partial charge on any atom is -0.485 e. The van der Waals surface area contributed by atoms with Crippen molar-refractivity contribution in [2.75, 3.05) is 6.61 Å². The van der Waals surface area contributed by atoms with Crippen molar-refractivity contribution in [3.05, 3.63) is 69.4 Å². The number of hydrogen-bond donors (Lipinski definition) is 1. The Morgan fingerprint density at radius 1 is 1.35 bits per heavy atom. The van der Waals surface area contributed by atoms with Crippen LogP contribution in [0.4, 0.5) is 0 Å². The highest BCUT2D eigenvalue weighted by molar-refractivity contribution is 7.98. The zero-order valence-corrected chi connectivity index (χ0v) is 20.2. The third-order valence-electron chi connectivity index (χ3n) is 5.36. The number of Topliss-reactive ketones (excluding diaryl/α,β-unsaturated/α-hetero) is 1. The number of fused-ring (bicyclic) bond motifs is 2. The van der Waals surface area contributed by atoms with Crippen LogP contribution in [-0.2, 0) is 12.3 Å². The van der Waals surface area contributed by atoms with E-state index in [1.54, 1.807) is 13.0 Å². The van der Waals surface area contributed by atoms with Gasteiger partial charge >= 0.3 is 0 Å². The van der Waals surface area contributed by atoms with E-state index in [1.807, 2.05) is 28.8 Å². The van der Waals surface area contributed by atoms with Gasteiger partial charge < -0.3 is 14.5 Å². The first kappa shape index (κ1) is 22.4. The molecule has 0 fully saturated rings. The number of thioether (sulfide) groups is 1. The second-order valence-electron chi connectivity index (χ2n) is 7.70. The summed E-state index contributed by atoms with van der Waals surface area (Å²) in [6, 6.07) is 7.50. The highest BCUT2D eigenvalue weighted by Gasteiger charge is 2.28. The number of ketones is 1. The van der Waals surface area contributed by atoms with Crippen molar-refractivity contribution in [3.63, 3.8) is 0 Å². The number of hydrogen-bond acceptors (Lipinski definition) is 9. The number of thiophene rings is 1. The van der Waals surface area contributed by atoms with Crippen molar-refractivity contribution in [1.82, 2.24) is 24.7 Å². The molecule has 4 aromatic rings. The van der Waals surface area contributed by atoms with Crippen molar-refractivity contribution in [2.24, 2.45) is 0 Å². The van der Waals surface area contributed by atoms with E-state index in [4.69, 9.17) is 9.47 Å². The number of aromatic amines is 1. The third-order valence-corrected chi connectivity index (χ3v) is 7.63. The summed E-state index contributed by atoms with van der Waals surface area (Å²) >= 11 is 2.64. The Kier molecular flexibility index (Phi) is 5.96. The molecule has 0 spiro atoms. The van der Waals surface area contributed by atoms with Crippen molar-refractivity contribution < 1.29 is 14.3 Å². The number of nitrogens with one attached hydrogen (secondary N) is 1. The van der Waals surface area contributed by atoms with E-state index < -0.39 is 6.10 Å². The molecule has 11 heteroatoms. The van der Waals surface area contributed by atoms with Crippen LogP contribution < -0.4 is 15.0 Å². The Bertz CT molecular complexity index is 1470. The molecule has 9 nitrogen and oxygen atoms in total. The Balaban J connectivity index is 1.40. The molecule has 174 valence electrons. The second-order valence-corrected chi connectivity index (χ2v) is 9.64. The van der Waals surface area contributed by atoms with Gasteiger partial charge in [0.1, 0.15) is 17.3 Å². The highest BCUT2D eigenvalue weighted by atomic mass is 32.2. The van der Waals surface area contributed by atoms with Gasteiger partial charge in [-0.1, -0.05) is 30.0 Å². The van der Waals surface area contributed by atoms with E-state index in [1.165, 1.54) is 30.0 Å². The Morgan fingerprint density at radius 2 is 2.15 bits per heavy atom. The largest absolute Gasteiger partial charge is 0.485 e. The predicted molar refractivity (Wildman–Crippen MR) is 130 cm³/mol. The first-order valence-electron chi connectivity index (χ1n) is 10.5. The van der Waals surface area contributed by atoms with Crippen LogP contribution in [0.25, 0.3) is 10.2 Å². The van der Waals surface area contributed by atoms with Gasteiger partial charge in [-0.15, -0.1) is 28.1 Å². The summed E-state index contributed by atoms with van der Waals surface area (Å²) in [5.74, 6) is 2.79. The summed E-state index contributed by atoms with van der Waals surface area (Å²) in [4.78, 5) is 33.1. The van der Waals surface area contributed by atoms with Gasteiger partial charge in [0.2, 0.25) is 0 Å². The van der Waals surface area contributed by atoms with Crippen LogP contribution in [0.1, 0.15) is 39.9 Å². The Morgan fingerprint density at radius 3 is 2.91 bits per heavy atom. The van der Waals surface area contributed by atoms with E-state index in [0.717, 1.165) is 0 Å². The van der Waals surface area contributed by atoms with Crippen molar-refractivity contribution in [1.29, 1.82) is 0 Å². The monoisotopic (exact) mass is 495 g/mol. The summed E-state index contributed by atoms with van der Waals surface area (Å²) < 4.78 is 13.8. The standard InChI is InChI=1S/C23H21N5O4S2/c1-4-9-28-20(16-10-31-14-7-5-6-8-15(14)32-16)26-27-23(28)33-11-17-24-21(30)18-12(2)19(13(3)29)34-22(18)25-17/h4-8,16H,1,9-11H2,2-3H3,(H,24,25,30)/t16-/m1/s1. The van der Waals surface area contributed by atoms with Crippen LogP contribution in [0.3, 0.4) is 0 Å². The van der Waals surface area contributed by atoms with Crippen LogP contribution >= 0.6 is 23.1 Å². The van der Waals surface area contributed by atoms with Crippen LogP contribution in [0.15, 0.2) is 46.9 Å².